The van der Waals surface area contributed by atoms with Gasteiger partial charge in [-0.05, 0) is 16.3 Å². The van der Waals surface area contributed by atoms with Crippen molar-refractivity contribution in [1.29, 1.82) is 0 Å². The van der Waals surface area contributed by atoms with E-state index in [1.165, 1.54) is 0 Å². The fourth-order valence-electron chi connectivity index (χ4n) is 1.64. The molecule has 1 N–H and O–H groups in total. The molecule has 0 aliphatic rings. The Kier molecular flexibility index (Phi) is 2.50. The minimum Gasteiger partial charge on any atom is -0.515 e. The first-order valence-corrected chi connectivity index (χ1v) is 4.64. The van der Waals surface area contributed by atoms with Crippen LogP contribution in [0, 0.1) is 0 Å². The van der Waals surface area contributed by atoms with E-state index in [0.29, 0.717) is 11.9 Å². The van der Waals surface area contributed by atoms with Gasteiger partial charge in [-0.25, -0.2) is 0 Å². The van der Waals surface area contributed by atoms with Crippen LogP contribution in [0.25, 0.3) is 16.3 Å². The van der Waals surface area contributed by atoms with Gasteiger partial charge in [0.2, 0.25) is 0 Å². The van der Waals surface area contributed by atoms with Crippen molar-refractivity contribution in [2.45, 2.75) is 0 Å². The number of aliphatic hydroxyl groups is 1. The second-order valence-electron chi connectivity index (χ2n) is 3.23. The van der Waals surface area contributed by atoms with Gasteiger partial charge in [0.25, 0.3) is 0 Å². The molecule has 0 amide bonds. The Bertz CT molecular complexity index is 522. The van der Waals surface area contributed by atoms with E-state index in [1.54, 1.807) is 0 Å². The number of benzene rings is 2. The lowest BCUT2D eigenvalue weighted by atomic mass is 10.00. The van der Waals surface area contributed by atoms with Crippen molar-refractivity contribution in [3.8, 4) is 0 Å². The average Bonchev–Trinajstić information content (AvgIpc) is 2.31. The summed E-state index contributed by atoms with van der Waals surface area (Å²) < 4.78 is 0. The van der Waals surface area contributed by atoms with E-state index in [1.807, 2.05) is 42.5 Å². The van der Waals surface area contributed by atoms with Gasteiger partial charge in [-0.1, -0.05) is 42.5 Å². The quantitative estimate of drug-likeness (QED) is 0.457. The van der Waals surface area contributed by atoms with Crippen LogP contribution >= 0.6 is 0 Å². The Labute approximate surface area is 87.5 Å². The van der Waals surface area contributed by atoms with E-state index in [9.17, 15) is 4.79 Å². The highest BCUT2D eigenvalue weighted by atomic mass is 16.2. The number of hydrogen-bond donors (Lipinski definition) is 1. The molecule has 0 saturated heterocycles. The van der Waals surface area contributed by atoms with Gasteiger partial charge in [0.05, 0.1) is 11.8 Å². The molecule has 0 aliphatic heterocycles. The van der Waals surface area contributed by atoms with Crippen LogP contribution in [-0.2, 0) is 4.79 Å². The molecule has 2 rings (SSSR count). The van der Waals surface area contributed by atoms with Gasteiger partial charge >= 0.3 is 0 Å². The second kappa shape index (κ2) is 3.96. The minimum absolute atomic E-state index is 0.298. The number of carbonyl (C=O) groups is 1. The van der Waals surface area contributed by atoms with Gasteiger partial charge in [0.15, 0.2) is 6.29 Å². The maximum absolute atomic E-state index is 10.8. The third kappa shape index (κ3) is 1.62. The molecular formula is C13H10O2. The molecule has 0 atom stereocenters. The van der Waals surface area contributed by atoms with Gasteiger partial charge in [-0.3, -0.25) is 4.79 Å². The highest BCUT2D eigenvalue weighted by molar-refractivity contribution is 6.12. The first-order valence-electron chi connectivity index (χ1n) is 4.64. The van der Waals surface area contributed by atoms with Crippen molar-refractivity contribution >= 4 is 22.6 Å². The van der Waals surface area contributed by atoms with Gasteiger partial charge in [0.1, 0.15) is 0 Å². The normalized spacial score (nSPS) is 11.6. The van der Waals surface area contributed by atoms with E-state index < -0.39 is 0 Å². The van der Waals surface area contributed by atoms with E-state index >= 15 is 0 Å². The van der Waals surface area contributed by atoms with Crippen LogP contribution in [0.3, 0.4) is 0 Å². The molecule has 74 valence electrons. The van der Waals surface area contributed by atoms with Gasteiger partial charge in [-0.15, -0.1) is 0 Å². The molecule has 0 saturated carbocycles. The topological polar surface area (TPSA) is 37.3 Å². The maximum atomic E-state index is 10.8. The summed E-state index contributed by atoms with van der Waals surface area (Å²) in [6, 6.07) is 13.4. The molecule has 0 spiro atoms. The monoisotopic (exact) mass is 198 g/mol. The van der Waals surface area contributed by atoms with E-state index in [-0.39, 0.29) is 0 Å². The van der Waals surface area contributed by atoms with Gasteiger partial charge in [0, 0.05) is 0 Å². The Balaban J connectivity index is 2.76. The second-order valence-corrected chi connectivity index (χ2v) is 3.23. The molecular weight excluding hydrogens is 188 g/mol. The molecule has 2 heteroatoms. The van der Waals surface area contributed by atoms with Crippen molar-refractivity contribution < 1.29 is 9.90 Å². The van der Waals surface area contributed by atoms with Crippen LogP contribution in [0.1, 0.15) is 5.56 Å². The van der Waals surface area contributed by atoms with Crippen molar-refractivity contribution in [2.75, 3.05) is 0 Å². The summed E-state index contributed by atoms with van der Waals surface area (Å²) in [7, 11) is 0. The van der Waals surface area contributed by atoms with Gasteiger partial charge in [-0.2, -0.15) is 0 Å². The SMILES string of the molecule is O=C/C(=C\O)c1cccc2ccccc12. The summed E-state index contributed by atoms with van der Waals surface area (Å²) in [6.07, 6.45) is 1.50. The van der Waals surface area contributed by atoms with E-state index in [2.05, 4.69) is 0 Å². The molecule has 0 fully saturated rings. The molecule has 15 heavy (non-hydrogen) atoms. The third-order valence-corrected chi connectivity index (χ3v) is 2.37. The summed E-state index contributed by atoms with van der Waals surface area (Å²) in [5.41, 5.74) is 1.05. The molecule has 0 radical (unpaired) electrons. The Morgan fingerprint density at radius 1 is 1.07 bits per heavy atom. The first kappa shape index (κ1) is 9.46. The molecule has 0 heterocycles. The van der Waals surface area contributed by atoms with Crippen molar-refractivity contribution in [1.82, 2.24) is 0 Å². The number of carbonyl (C=O) groups excluding carboxylic acids is 1. The Hall–Kier alpha value is -2.09. The number of allylic oxidation sites excluding steroid dienone is 1. The number of aldehydes is 1. The zero-order valence-corrected chi connectivity index (χ0v) is 8.05. The first-order chi connectivity index (χ1) is 7.36. The summed E-state index contributed by atoms with van der Waals surface area (Å²) in [4.78, 5) is 10.8. The van der Waals surface area contributed by atoms with Crippen molar-refractivity contribution in [3.05, 3.63) is 54.3 Å². The fourth-order valence-corrected chi connectivity index (χ4v) is 1.64. The van der Waals surface area contributed by atoms with E-state index in [0.717, 1.165) is 22.6 Å². The van der Waals surface area contributed by atoms with E-state index in [4.69, 9.17) is 5.11 Å². The Morgan fingerprint density at radius 2 is 1.80 bits per heavy atom. The third-order valence-electron chi connectivity index (χ3n) is 2.37. The number of hydrogen-bond acceptors (Lipinski definition) is 2. The summed E-state index contributed by atoms with van der Waals surface area (Å²) >= 11 is 0. The maximum Gasteiger partial charge on any atom is 0.153 e. The fraction of sp³-hybridized carbons (Fsp3) is 0. The molecule has 0 unspecified atom stereocenters. The summed E-state index contributed by atoms with van der Waals surface area (Å²) in [5, 5.41) is 11.0. The zero-order valence-electron chi connectivity index (χ0n) is 8.05. The highest BCUT2D eigenvalue weighted by Gasteiger charge is 2.04. The molecule has 0 aliphatic carbocycles. The number of fused-ring (bicyclic) bond motifs is 1. The lowest BCUT2D eigenvalue weighted by Crippen LogP contribution is -1.87. The zero-order chi connectivity index (χ0) is 10.7. The largest absolute Gasteiger partial charge is 0.515 e. The molecule has 2 nitrogen and oxygen atoms in total. The minimum atomic E-state index is 0.298. The van der Waals surface area contributed by atoms with Crippen LogP contribution in [0.4, 0.5) is 0 Å². The average molecular weight is 198 g/mol. The Morgan fingerprint density at radius 3 is 2.53 bits per heavy atom. The van der Waals surface area contributed by atoms with Crippen LogP contribution in [-0.4, -0.2) is 11.4 Å². The van der Waals surface area contributed by atoms with Crippen LogP contribution in [0.15, 0.2) is 48.7 Å². The summed E-state index contributed by atoms with van der Waals surface area (Å²) in [5.74, 6) is 0. The standard InChI is InChI=1S/C13H10O2/c14-8-11(9-15)13-7-3-5-10-4-1-2-6-12(10)13/h1-9,14H/b11-8+. The predicted molar refractivity (Wildman–Crippen MR) is 60.6 cm³/mol. The lowest BCUT2D eigenvalue weighted by molar-refractivity contribution is -0.103. The van der Waals surface area contributed by atoms with Crippen LogP contribution < -0.4 is 0 Å². The smallest absolute Gasteiger partial charge is 0.153 e. The van der Waals surface area contributed by atoms with Crippen LogP contribution in [0.5, 0.6) is 0 Å². The number of rotatable bonds is 2. The van der Waals surface area contributed by atoms with Crippen molar-refractivity contribution in [3.63, 3.8) is 0 Å². The van der Waals surface area contributed by atoms with Crippen LogP contribution in [0.2, 0.25) is 0 Å². The molecule has 0 aromatic heterocycles. The molecule has 0 bridgehead atoms. The predicted octanol–water partition coefficient (Wildman–Crippen LogP) is 2.94. The molecule has 2 aromatic rings. The number of aliphatic hydroxyl groups excluding tert-OH is 1. The van der Waals surface area contributed by atoms with Gasteiger partial charge < -0.3 is 5.11 Å². The van der Waals surface area contributed by atoms with Crippen molar-refractivity contribution in [2.24, 2.45) is 0 Å². The highest BCUT2D eigenvalue weighted by Crippen LogP contribution is 2.23. The lowest BCUT2D eigenvalue weighted by Gasteiger charge is -2.04. The summed E-state index contributed by atoms with van der Waals surface area (Å²) in [6.45, 7) is 0. The molecule has 2 aromatic carbocycles.